The molecule has 1 aliphatic heterocycles. The summed E-state index contributed by atoms with van der Waals surface area (Å²) in [7, 11) is 0. The second-order valence-electron chi connectivity index (χ2n) is 6.76. The first-order valence-electron chi connectivity index (χ1n) is 9.16. The molecule has 0 unspecified atom stereocenters. The van der Waals surface area contributed by atoms with E-state index in [1.54, 1.807) is 21.9 Å². The van der Waals surface area contributed by atoms with Crippen molar-refractivity contribution in [3.05, 3.63) is 77.5 Å². The van der Waals surface area contributed by atoms with Crippen molar-refractivity contribution >= 4 is 11.8 Å². The first-order valence-corrected chi connectivity index (χ1v) is 9.16. The van der Waals surface area contributed by atoms with E-state index in [0.29, 0.717) is 48.6 Å². The highest BCUT2D eigenvalue weighted by Crippen LogP contribution is 2.23. The zero-order chi connectivity index (χ0) is 20.4. The maximum atomic E-state index is 13.2. The second kappa shape index (κ2) is 7.83. The summed E-state index contributed by atoms with van der Waals surface area (Å²) in [6, 6.07) is 11.2. The van der Waals surface area contributed by atoms with Crippen LogP contribution in [0, 0.1) is 11.6 Å². The van der Waals surface area contributed by atoms with Gasteiger partial charge in [0, 0.05) is 37.3 Å². The molecular formula is C21H18F2N4O2. The van der Waals surface area contributed by atoms with Gasteiger partial charge in [0.1, 0.15) is 11.6 Å². The topological polar surface area (TPSA) is 69.3 Å². The van der Waals surface area contributed by atoms with Gasteiger partial charge in [-0.25, -0.2) is 8.78 Å². The Morgan fingerprint density at radius 2 is 1.31 bits per heavy atom. The van der Waals surface area contributed by atoms with Crippen LogP contribution in [0.3, 0.4) is 0 Å². The minimum atomic E-state index is -0.394. The SMILES string of the molecule is O=C(c1ccc(F)cc1)N1CCN(C(=O)c2cn[nH]c2-c2ccc(F)cc2)CC1. The van der Waals surface area contributed by atoms with Gasteiger partial charge in [0.2, 0.25) is 0 Å². The summed E-state index contributed by atoms with van der Waals surface area (Å²) in [6.07, 6.45) is 1.46. The van der Waals surface area contributed by atoms with Gasteiger partial charge in [-0.05, 0) is 48.5 Å². The number of carbonyl (C=O) groups is 2. The van der Waals surface area contributed by atoms with E-state index in [1.165, 1.54) is 42.6 Å². The Balaban J connectivity index is 1.43. The number of nitrogens with zero attached hydrogens (tertiary/aromatic N) is 3. The van der Waals surface area contributed by atoms with Gasteiger partial charge in [-0.1, -0.05) is 0 Å². The third kappa shape index (κ3) is 3.87. The predicted octanol–water partition coefficient (Wildman–Crippen LogP) is 2.95. The number of carbonyl (C=O) groups excluding carboxylic acids is 2. The zero-order valence-corrected chi connectivity index (χ0v) is 15.4. The molecule has 1 aromatic heterocycles. The van der Waals surface area contributed by atoms with Gasteiger partial charge >= 0.3 is 0 Å². The molecule has 0 aliphatic carbocycles. The van der Waals surface area contributed by atoms with Crippen LogP contribution in [-0.4, -0.2) is 58.0 Å². The molecule has 2 aromatic carbocycles. The van der Waals surface area contributed by atoms with Gasteiger partial charge in [0.15, 0.2) is 0 Å². The van der Waals surface area contributed by atoms with E-state index < -0.39 is 5.82 Å². The third-order valence-electron chi connectivity index (χ3n) is 4.95. The third-order valence-corrected chi connectivity index (χ3v) is 4.95. The molecule has 1 fully saturated rings. The minimum Gasteiger partial charge on any atom is -0.335 e. The molecule has 0 bridgehead atoms. The van der Waals surface area contributed by atoms with E-state index >= 15 is 0 Å². The molecule has 3 aromatic rings. The van der Waals surface area contributed by atoms with E-state index in [-0.39, 0.29) is 17.6 Å². The zero-order valence-electron chi connectivity index (χ0n) is 15.4. The Hall–Kier alpha value is -3.55. The molecular weight excluding hydrogens is 378 g/mol. The molecule has 4 rings (SSSR count). The number of H-pyrrole nitrogens is 1. The number of rotatable bonds is 3. The van der Waals surface area contributed by atoms with Crippen LogP contribution < -0.4 is 0 Å². The number of benzene rings is 2. The van der Waals surface area contributed by atoms with Crippen molar-refractivity contribution in [1.82, 2.24) is 20.0 Å². The molecule has 148 valence electrons. The highest BCUT2D eigenvalue weighted by molar-refractivity contribution is 6.00. The Morgan fingerprint density at radius 3 is 1.90 bits per heavy atom. The van der Waals surface area contributed by atoms with Crippen molar-refractivity contribution in [2.24, 2.45) is 0 Å². The summed E-state index contributed by atoms with van der Waals surface area (Å²) in [5.74, 6) is -1.14. The van der Waals surface area contributed by atoms with E-state index in [0.717, 1.165) is 0 Å². The Kier molecular flexibility index (Phi) is 5.07. The Labute approximate surface area is 165 Å². The highest BCUT2D eigenvalue weighted by atomic mass is 19.1. The van der Waals surface area contributed by atoms with Crippen LogP contribution in [0.5, 0.6) is 0 Å². The quantitative estimate of drug-likeness (QED) is 0.740. The molecule has 29 heavy (non-hydrogen) atoms. The van der Waals surface area contributed by atoms with Crippen LogP contribution >= 0.6 is 0 Å². The molecule has 1 saturated heterocycles. The predicted molar refractivity (Wildman–Crippen MR) is 102 cm³/mol. The smallest absolute Gasteiger partial charge is 0.257 e. The average molecular weight is 396 g/mol. The molecule has 6 nitrogen and oxygen atoms in total. The normalized spacial score (nSPS) is 14.1. The largest absolute Gasteiger partial charge is 0.335 e. The van der Waals surface area contributed by atoms with Gasteiger partial charge in [0.25, 0.3) is 11.8 Å². The van der Waals surface area contributed by atoms with Crippen molar-refractivity contribution in [3.63, 3.8) is 0 Å². The van der Waals surface area contributed by atoms with Crippen LogP contribution in [-0.2, 0) is 0 Å². The fourth-order valence-electron chi connectivity index (χ4n) is 3.34. The van der Waals surface area contributed by atoms with Crippen molar-refractivity contribution < 1.29 is 18.4 Å². The van der Waals surface area contributed by atoms with Crippen molar-refractivity contribution in [2.45, 2.75) is 0 Å². The molecule has 0 saturated carbocycles. The monoisotopic (exact) mass is 396 g/mol. The van der Waals surface area contributed by atoms with Crippen LogP contribution in [0.2, 0.25) is 0 Å². The van der Waals surface area contributed by atoms with E-state index in [2.05, 4.69) is 10.2 Å². The lowest BCUT2D eigenvalue weighted by molar-refractivity contribution is 0.0536. The first-order chi connectivity index (χ1) is 14.0. The second-order valence-corrected chi connectivity index (χ2v) is 6.76. The maximum absolute atomic E-state index is 13.2. The first kappa shape index (κ1) is 18.8. The molecule has 0 spiro atoms. The molecule has 1 aliphatic rings. The molecule has 0 radical (unpaired) electrons. The standard InChI is InChI=1S/C21H18F2N4O2/c22-16-5-1-14(2-6-16)19-18(13-24-25-19)21(29)27-11-9-26(10-12-27)20(28)15-3-7-17(23)8-4-15/h1-8,13H,9-12H2,(H,24,25). The van der Waals surface area contributed by atoms with Crippen molar-refractivity contribution in [3.8, 4) is 11.3 Å². The summed E-state index contributed by atoms with van der Waals surface area (Å²) in [5.41, 5.74) is 2.01. The molecule has 1 N–H and O–H groups in total. The van der Waals surface area contributed by atoms with Crippen LogP contribution in [0.1, 0.15) is 20.7 Å². The Morgan fingerprint density at radius 1 is 0.793 bits per heavy atom. The molecule has 0 atom stereocenters. The number of hydrogen-bond acceptors (Lipinski definition) is 3. The van der Waals surface area contributed by atoms with E-state index in [9.17, 15) is 18.4 Å². The van der Waals surface area contributed by atoms with Gasteiger partial charge in [0.05, 0.1) is 17.5 Å². The van der Waals surface area contributed by atoms with Gasteiger partial charge in [-0.2, -0.15) is 5.10 Å². The van der Waals surface area contributed by atoms with Gasteiger partial charge < -0.3 is 9.80 Å². The van der Waals surface area contributed by atoms with Crippen LogP contribution in [0.25, 0.3) is 11.3 Å². The molecule has 2 heterocycles. The molecule has 2 amide bonds. The lowest BCUT2D eigenvalue weighted by Gasteiger charge is -2.34. The Bertz CT molecular complexity index is 1020. The number of halogens is 2. The van der Waals surface area contributed by atoms with E-state index in [4.69, 9.17) is 0 Å². The lowest BCUT2D eigenvalue weighted by atomic mass is 10.1. The van der Waals surface area contributed by atoms with Crippen LogP contribution in [0.15, 0.2) is 54.7 Å². The van der Waals surface area contributed by atoms with E-state index in [1.807, 2.05) is 0 Å². The number of amides is 2. The number of aromatic amines is 1. The van der Waals surface area contributed by atoms with Gasteiger partial charge in [-0.3, -0.25) is 14.7 Å². The van der Waals surface area contributed by atoms with Crippen LogP contribution in [0.4, 0.5) is 8.78 Å². The summed E-state index contributed by atoms with van der Waals surface area (Å²) in [6.45, 7) is 1.51. The summed E-state index contributed by atoms with van der Waals surface area (Å²) >= 11 is 0. The summed E-state index contributed by atoms with van der Waals surface area (Å²) < 4.78 is 26.2. The summed E-state index contributed by atoms with van der Waals surface area (Å²) in [5, 5.41) is 6.76. The average Bonchev–Trinajstić information content (AvgIpc) is 3.24. The maximum Gasteiger partial charge on any atom is 0.257 e. The fourth-order valence-corrected chi connectivity index (χ4v) is 3.34. The number of hydrogen-bond donors (Lipinski definition) is 1. The number of nitrogens with one attached hydrogen (secondary N) is 1. The van der Waals surface area contributed by atoms with Gasteiger partial charge in [-0.15, -0.1) is 0 Å². The van der Waals surface area contributed by atoms with Crippen molar-refractivity contribution in [1.29, 1.82) is 0 Å². The number of piperazine rings is 1. The fraction of sp³-hybridized carbons (Fsp3) is 0.190. The minimum absolute atomic E-state index is 0.188. The summed E-state index contributed by atoms with van der Waals surface area (Å²) in [4.78, 5) is 28.8. The molecule has 8 heteroatoms. The number of aromatic nitrogens is 2. The highest BCUT2D eigenvalue weighted by Gasteiger charge is 2.27. The van der Waals surface area contributed by atoms with Crippen molar-refractivity contribution in [2.75, 3.05) is 26.2 Å². The lowest BCUT2D eigenvalue weighted by Crippen LogP contribution is -2.50.